The van der Waals surface area contributed by atoms with Crippen LogP contribution in [0.4, 0.5) is 5.88 Å². The maximum Gasteiger partial charge on any atom is 0.230 e. The number of hydrogen-bond acceptors (Lipinski definition) is 5. The Kier molecular flexibility index (Phi) is 3.70. The van der Waals surface area contributed by atoms with E-state index in [9.17, 15) is 0 Å². The van der Waals surface area contributed by atoms with E-state index in [1.165, 1.54) is 0 Å². The highest BCUT2D eigenvalue weighted by atomic mass is 79.9. The van der Waals surface area contributed by atoms with Gasteiger partial charge in [0.05, 0.1) is 24.0 Å². The maximum absolute atomic E-state index is 5.92. The SMILES string of the molecule is CCOc1ccc(-c2c(-c3ccoc3Br)noc2N)cc1. The van der Waals surface area contributed by atoms with Gasteiger partial charge in [0.1, 0.15) is 11.4 Å². The number of furan rings is 1. The molecule has 0 aliphatic heterocycles. The molecule has 0 aliphatic carbocycles. The van der Waals surface area contributed by atoms with Crippen molar-refractivity contribution >= 4 is 21.8 Å². The molecular formula is C15H13BrN2O3. The number of nitrogens with zero attached hydrogens (tertiary/aromatic N) is 1. The Labute approximate surface area is 129 Å². The molecule has 0 saturated carbocycles. The van der Waals surface area contributed by atoms with Gasteiger partial charge in [-0.05, 0) is 46.6 Å². The summed E-state index contributed by atoms with van der Waals surface area (Å²) in [6, 6.07) is 9.43. The fourth-order valence-corrected chi connectivity index (χ4v) is 2.54. The molecule has 2 heterocycles. The molecule has 0 amide bonds. The molecule has 0 unspecified atom stereocenters. The molecular weight excluding hydrogens is 336 g/mol. The van der Waals surface area contributed by atoms with Crippen molar-refractivity contribution in [3.63, 3.8) is 0 Å². The van der Waals surface area contributed by atoms with Crippen LogP contribution in [-0.4, -0.2) is 11.8 Å². The molecule has 0 fully saturated rings. The van der Waals surface area contributed by atoms with Crippen LogP contribution in [0.15, 0.2) is 50.2 Å². The Morgan fingerprint density at radius 1 is 1.24 bits per heavy atom. The van der Waals surface area contributed by atoms with E-state index in [0.717, 1.165) is 22.4 Å². The number of nitrogen functional groups attached to an aromatic ring is 1. The number of halogens is 1. The number of benzene rings is 1. The average Bonchev–Trinajstić information content (AvgIpc) is 3.06. The molecule has 108 valence electrons. The molecule has 6 heteroatoms. The zero-order chi connectivity index (χ0) is 14.8. The molecule has 3 aromatic rings. The molecule has 0 saturated heterocycles. The first-order chi connectivity index (χ1) is 10.2. The third-order valence-electron chi connectivity index (χ3n) is 3.05. The Bertz CT molecular complexity index is 747. The first-order valence-corrected chi connectivity index (χ1v) is 7.21. The second kappa shape index (κ2) is 5.65. The lowest BCUT2D eigenvalue weighted by Crippen LogP contribution is -1.91. The number of rotatable bonds is 4. The summed E-state index contributed by atoms with van der Waals surface area (Å²) in [6.45, 7) is 2.57. The van der Waals surface area contributed by atoms with Crippen molar-refractivity contribution in [2.75, 3.05) is 12.3 Å². The van der Waals surface area contributed by atoms with Gasteiger partial charge in [-0.2, -0.15) is 0 Å². The van der Waals surface area contributed by atoms with Crippen LogP contribution in [-0.2, 0) is 0 Å². The first-order valence-electron chi connectivity index (χ1n) is 6.42. The molecule has 2 aromatic heterocycles. The zero-order valence-corrected chi connectivity index (χ0v) is 12.9. The van der Waals surface area contributed by atoms with Crippen LogP contribution in [0.3, 0.4) is 0 Å². The van der Waals surface area contributed by atoms with Crippen LogP contribution >= 0.6 is 15.9 Å². The summed E-state index contributed by atoms with van der Waals surface area (Å²) in [5, 5.41) is 4.03. The molecule has 0 atom stereocenters. The summed E-state index contributed by atoms with van der Waals surface area (Å²) < 4.78 is 16.4. The highest BCUT2D eigenvalue weighted by Gasteiger charge is 2.20. The molecule has 0 bridgehead atoms. The van der Waals surface area contributed by atoms with Gasteiger partial charge in [-0.1, -0.05) is 17.3 Å². The summed E-state index contributed by atoms with van der Waals surface area (Å²) in [4.78, 5) is 0. The minimum atomic E-state index is 0.266. The summed E-state index contributed by atoms with van der Waals surface area (Å²) in [5.41, 5.74) is 8.99. The topological polar surface area (TPSA) is 74.4 Å². The van der Waals surface area contributed by atoms with Crippen molar-refractivity contribution in [1.29, 1.82) is 0 Å². The quantitative estimate of drug-likeness (QED) is 0.758. The van der Waals surface area contributed by atoms with Gasteiger partial charge in [0.25, 0.3) is 0 Å². The Morgan fingerprint density at radius 2 is 2.00 bits per heavy atom. The predicted molar refractivity (Wildman–Crippen MR) is 82.9 cm³/mol. The fourth-order valence-electron chi connectivity index (χ4n) is 2.11. The Morgan fingerprint density at radius 3 is 2.62 bits per heavy atom. The third kappa shape index (κ3) is 2.54. The van der Waals surface area contributed by atoms with Crippen LogP contribution in [0.1, 0.15) is 6.92 Å². The fraction of sp³-hybridized carbons (Fsp3) is 0.133. The van der Waals surface area contributed by atoms with Crippen LogP contribution < -0.4 is 10.5 Å². The zero-order valence-electron chi connectivity index (χ0n) is 11.3. The summed E-state index contributed by atoms with van der Waals surface area (Å²) >= 11 is 3.34. The van der Waals surface area contributed by atoms with Gasteiger partial charge in [-0.3, -0.25) is 0 Å². The normalized spacial score (nSPS) is 10.8. The summed E-state index contributed by atoms with van der Waals surface area (Å²) in [7, 11) is 0. The van der Waals surface area contributed by atoms with Crippen LogP contribution in [0.2, 0.25) is 0 Å². The van der Waals surface area contributed by atoms with E-state index in [1.807, 2.05) is 31.2 Å². The van der Waals surface area contributed by atoms with Crippen LogP contribution in [0.25, 0.3) is 22.4 Å². The molecule has 3 rings (SSSR count). The minimum absolute atomic E-state index is 0.266. The van der Waals surface area contributed by atoms with Gasteiger partial charge in [0.2, 0.25) is 5.88 Å². The van der Waals surface area contributed by atoms with E-state index >= 15 is 0 Å². The van der Waals surface area contributed by atoms with Gasteiger partial charge in [0.15, 0.2) is 4.67 Å². The monoisotopic (exact) mass is 348 g/mol. The summed E-state index contributed by atoms with van der Waals surface area (Å²) in [6.07, 6.45) is 1.58. The molecule has 2 N–H and O–H groups in total. The second-order valence-corrected chi connectivity index (χ2v) is 5.06. The van der Waals surface area contributed by atoms with Crippen molar-refractivity contribution in [2.24, 2.45) is 0 Å². The first kappa shape index (κ1) is 13.8. The van der Waals surface area contributed by atoms with Crippen molar-refractivity contribution in [1.82, 2.24) is 5.16 Å². The van der Waals surface area contributed by atoms with E-state index in [4.69, 9.17) is 19.4 Å². The van der Waals surface area contributed by atoms with Gasteiger partial charge >= 0.3 is 0 Å². The average molecular weight is 349 g/mol. The van der Waals surface area contributed by atoms with Gasteiger partial charge in [-0.15, -0.1) is 0 Å². The number of hydrogen-bond donors (Lipinski definition) is 1. The molecule has 1 aromatic carbocycles. The number of ether oxygens (including phenoxy) is 1. The highest BCUT2D eigenvalue weighted by molar-refractivity contribution is 9.10. The molecule has 0 radical (unpaired) electrons. The summed E-state index contributed by atoms with van der Waals surface area (Å²) in [5.74, 6) is 1.07. The lowest BCUT2D eigenvalue weighted by Gasteiger charge is -2.05. The van der Waals surface area contributed by atoms with Gasteiger partial charge in [-0.25, -0.2) is 0 Å². The minimum Gasteiger partial charge on any atom is -0.494 e. The largest absolute Gasteiger partial charge is 0.494 e. The molecule has 0 spiro atoms. The van der Waals surface area contributed by atoms with Crippen molar-refractivity contribution < 1.29 is 13.7 Å². The predicted octanol–water partition coefficient (Wildman–Crippen LogP) is 4.35. The smallest absolute Gasteiger partial charge is 0.230 e. The van der Waals surface area contributed by atoms with Crippen LogP contribution in [0.5, 0.6) is 5.75 Å². The molecule has 5 nitrogen and oxygen atoms in total. The van der Waals surface area contributed by atoms with E-state index in [2.05, 4.69) is 21.1 Å². The van der Waals surface area contributed by atoms with Crippen molar-refractivity contribution in [2.45, 2.75) is 6.92 Å². The second-order valence-electron chi connectivity index (χ2n) is 4.34. The lowest BCUT2D eigenvalue weighted by molar-refractivity contribution is 0.340. The van der Waals surface area contributed by atoms with Gasteiger partial charge < -0.3 is 19.4 Å². The molecule has 21 heavy (non-hydrogen) atoms. The van der Waals surface area contributed by atoms with E-state index in [1.54, 1.807) is 12.3 Å². The third-order valence-corrected chi connectivity index (χ3v) is 3.66. The van der Waals surface area contributed by atoms with Crippen molar-refractivity contribution in [3.05, 3.63) is 41.3 Å². The van der Waals surface area contributed by atoms with E-state index in [-0.39, 0.29) is 5.88 Å². The molecule has 0 aliphatic rings. The Balaban J connectivity index is 2.06. The number of anilines is 1. The Hall–Kier alpha value is -2.21. The lowest BCUT2D eigenvalue weighted by atomic mass is 10.0. The van der Waals surface area contributed by atoms with E-state index < -0.39 is 0 Å². The maximum atomic E-state index is 5.92. The standard InChI is InChI=1S/C15H13BrN2O3/c1-2-19-10-5-3-9(4-6-10)12-13(18-21-15(12)17)11-7-8-20-14(11)16/h3-8H,2,17H2,1H3. The van der Waals surface area contributed by atoms with Crippen LogP contribution in [0, 0.1) is 0 Å². The van der Waals surface area contributed by atoms with Crippen molar-refractivity contribution in [3.8, 4) is 28.1 Å². The highest BCUT2D eigenvalue weighted by Crippen LogP contribution is 2.39. The van der Waals surface area contributed by atoms with E-state index in [0.29, 0.717) is 17.0 Å². The van der Waals surface area contributed by atoms with Gasteiger partial charge in [0, 0.05) is 0 Å². The number of aromatic nitrogens is 1. The number of nitrogens with two attached hydrogens (primary N) is 1.